The van der Waals surface area contributed by atoms with Gasteiger partial charge in [0.1, 0.15) is 0 Å². The van der Waals surface area contributed by atoms with Crippen molar-refractivity contribution < 1.29 is 17.3 Å². The van der Waals surface area contributed by atoms with Crippen LogP contribution in [-0.2, 0) is 17.3 Å². The molecule has 13 heavy (non-hydrogen) atoms. The molecule has 0 heterocycles. The van der Waals surface area contributed by atoms with Gasteiger partial charge in [0, 0.05) is 0 Å². The van der Waals surface area contributed by atoms with Gasteiger partial charge in [-0.1, -0.05) is 0 Å². The summed E-state index contributed by atoms with van der Waals surface area (Å²) in [5.74, 6) is 0. The second-order valence-electron chi connectivity index (χ2n) is 2.57. The first-order valence-corrected chi connectivity index (χ1v) is 10.9. The molecule has 0 aliphatic rings. The Morgan fingerprint density at radius 1 is 1.23 bits per heavy atom. The molecular formula is C9H11AuINTe. The monoisotopic (exact) mass is 587 g/mol. The first-order valence-electron chi connectivity index (χ1n) is 3.60. The molecule has 0 spiro atoms. The molecule has 76 valence electrons. The van der Waals surface area contributed by atoms with Gasteiger partial charge in [0.05, 0.1) is 0 Å². The van der Waals surface area contributed by atoms with Gasteiger partial charge in [0.25, 0.3) is 0 Å². The van der Waals surface area contributed by atoms with Crippen molar-refractivity contribution in [3.63, 3.8) is 0 Å². The van der Waals surface area contributed by atoms with E-state index in [4.69, 9.17) is 0 Å². The van der Waals surface area contributed by atoms with Crippen molar-refractivity contribution in [1.29, 1.82) is 0 Å². The molecule has 0 aliphatic carbocycles. The molecule has 0 aromatic heterocycles. The third kappa shape index (κ3) is 5.56. The van der Waals surface area contributed by atoms with Crippen molar-refractivity contribution in [3.8, 4) is 0 Å². The van der Waals surface area contributed by atoms with Gasteiger partial charge in [-0.15, -0.1) is 0 Å². The summed E-state index contributed by atoms with van der Waals surface area (Å²) in [6.45, 7) is 0. The van der Waals surface area contributed by atoms with Crippen molar-refractivity contribution in [2.24, 2.45) is 0 Å². The quantitative estimate of drug-likeness (QED) is 0.379. The Hall–Kier alpha value is 1.15. The van der Waals surface area contributed by atoms with Crippen molar-refractivity contribution in [1.82, 2.24) is 4.90 Å². The van der Waals surface area contributed by atoms with E-state index in [2.05, 4.69) is 79.5 Å². The molecule has 0 radical (unpaired) electrons. The molecule has 0 saturated heterocycles. The number of benzene rings is 1. The second kappa shape index (κ2) is 8.46. The summed E-state index contributed by atoms with van der Waals surface area (Å²) in [6.07, 6.45) is 0. The maximum absolute atomic E-state index is 2.25. The van der Waals surface area contributed by atoms with Crippen LogP contribution in [0, 0.1) is 0 Å². The van der Waals surface area contributed by atoms with Crippen molar-refractivity contribution in [2.75, 3.05) is 14.1 Å². The van der Waals surface area contributed by atoms with Crippen LogP contribution in [0.4, 0.5) is 0 Å². The summed E-state index contributed by atoms with van der Waals surface area (Å²) in [4.78, 5) is 2.12. The van der Waals surface area contributed by atoms with E-state index < -0.39 is 0 Å². The fourth-order valence-corrected chi connectivity index (χ4v) is 1.23. The van der Waals surface area contributed by atoms with E-state index in [0.717, 1.165) is 0 Å². The Morgan fingerprint density at radius 2 is 1.69 bits per heavy atom. The second-order valence-corrected chi connectivity index (χ2v) is 3.67. The standard InChI is InChI=1S/C9H11NTe.Au.HI/c1-10(2)9(11)8-6-4-3-5-7-8;;/h3-7H,1-2H3;;1H/q;+1;/p-1. The molecule has 0 saturated carbocycles. The molecule has 1 nitrogen and oxygen atoms in total. The number of halogens is 1. The third-order valence-electron chi connectivity index (χ3n) is 1.43. The van der Waals surface area contributed by atoms with E-state index in [-0.39, 0.29) is 0 Å². The number of hydrogen-bond donors (Lipinski definition) is 0. The van der Waals surface area contributed by atoms with E-state index >= 15 is 0 Å². The van der Waals surface area contributed by atoms with Crippen LogP contribution in [0.3, 0.4) is 0 Å². The van der Waals surface area contributed by atoms with Crippen LogP contribution in [-0.4, -0.2) is 44.5 Å². The van der Waals surface area contributed by atoms with Crippen LogP contribution in [0.2, 0.25) is 0 Å². The van der Waals surface area contributed by atoms with Crippen molar-refractivity contribution in [2.45, 2.75) is 0 Å². The summed E-state index contributed by atoms with van der Waals surface area (Å²) in [5.41, 5.74) is 1.29. The molecule has 0 fully saturated rings. The molecule has 0 amide bonds. The van der Waals surface area contributed by atoms with Gasteiger partial charge in [0.15, 0.2) is 0 Å². The predicted octanol–water partition coefficient (Wildman–Crippen LogP) is 1.78. The Balaban J connectivity index is 0.000000671. The first kappa shape index (κ1) is 14.1. The molecule has 4 heteroatoms. The summed E-state index contributed by atoms with van der Waals surface area (Å²) in [7, 11) is 4.12. The Labute approximate surface area is 115 Å². The average molecular weight is 585 g/mol. The van der Waals surface area contributed by atoms with E-state index in [0.29, 0.717) is 0 Å². The summed E-state index contributed by atoms with van der Waals surface area (Å²) >= 11 is 6.39. The normalized spacial score (nSPS) is 8.38. The minimum absolute atomic E-state index is 1.29. The van der Waals surface area contributed by atoms with E-state index in [1.165, 1.54) is 9.24 Å². The van der Waals surface area contributed by atoms with Crippen LogP contribution in [0.1, 0.15) is 5.56 Å². The fourth-order valence-electron chi connectivity index (χ4n) is 0.839. The van der Waals surface area contributed by atoms with Crippen LogP contribution < -0.4 is 0 Å². The summed E-state index contributed by atoms with van der Waals surface area (Å²) < 4.78 is 1.31. The van der Waals surface area contributed by atoms with Crippen LogP contribution in [0.5, 0.6) is 0 Å². The molecule has 0 unspecified atom stereocenters. The molecular weight excluding hydrogens is 574 g/mol. The minimum atomic E-state index is 1.29. The molecule has 1 rings (SSSR count). The zero-order valence-electron chi connectivity index (χ0n) is 7.42. The molecule has 0 atom stereocenters. The Bertz CT molecular complexity index is 251. The van der Waals surface area contributed by atoms with E-state index in [1.54, 1.807) is 0 Å². The fraction of sp³-hybridized carbons (Fsp3) is 0.222. The molecule has 1 aromatic rings. The molecule has 0 bridgehead atoms. The van der Waals surface area contributed by atoms with Crippen LogP contribution in [0.25, 0.3) is 0 Å². The molecule has 1 aromatic carbocycles. The van der Waals surface area contributed by atoms with Gasteiger partial charge in [-0.25, -0.2) is 0 Å². The van der Waals surface area contributed by atoms with Gasteiger partial charge in [-0.05, 0) is 0 Å². The first-order chi connectivity index (χ1) is 6.22. The zero-order chi connectivity index (χ0) is 10.3. The molecule has 0 aliphatic heterocycles. The summed E-state index contributed by atoms with van der Waals surface area (Å²) in [6, 6.07) is 10.4. The van der Waals surface area contributed by atoms with Gasteiger partial charge in [0.2, 0.25) is 0 Å². The van der Waals surface area contributed by atoms with Crippen molar-refractivity contribution in [3.05, 3.63) is 35.9 Å². The van der Waals surface area contributed by atoms with Gasteiger partial charge in [-0.2, -0.15) is 0 Å². The van der Waals surface area contributed by atoms with Crippen LogP contribution in [0.15, 0.2) is 30.3 Å². The summed E-state index contributed by atoms with van der Waals surface area (Å²) in [5, 5.41) is 0. The number of nitrogens with zero attached hydrogens (tertiary/aromatic N) is 1. The van der Waals surface area contributed by atoms with Gasteiger partial charge in [-0.3, -0.25) is 0 Å². The topological polar surface area (TPSA) is 3.24 Å². The average Bonchev–Trinajstić information content (AvgIpc) is 2.21. The number of hydrogen-bond acceptors (Lipinski definition) is 1. The Morgan fingerprint density at radius 3 is 2.08 bits per heavy atom. The third-order valence-corrected chi connectivity index (χ3v) is 3.14. The van der Waals surface area contributed by atoms with Gasteiger partial charge >= 0.3 is 117 Å². The van der Waals surface area contributed by atoms with Gasteiger partial charge < -0.3 is 0 Å². The van der Waals surface area contributed by atoms with E-state index in [1.807, 2.05) is 27.9 Å². The zero-order valence-corrected chi connectivity index (χ0v) is 14.1. The number of rotatable bonds is 2. The molecule has 0 N–H and O–H groups in total. The SMILES string of the molecule is CN(C)C(=[Te])c1ccccc1.[I][Au]. The van der Waals surface area contributed by atoms with Crippen LogP contribution >= 0.6 is 19.0 Å². The maximum atomic E-state index is 2.25. The predicted molar refractivity (Wildman–Crippen MR) is 64.0 cm³/mol. The van der Waals surface area contributed by atoms with E-state index in [9.17, 15) is 0 Å². The Kier molecular flexibility index (Phi) is 9.21. The van der Waals surface area contributed by atoms with Crippen molar-refractivity contribution >= 4 is 44.5 Å².